The molecule has 1 aliphatic rings. The number of morpholine rings is 1. The number of thiocarbonyl (C=S) groups is 1. The molecule has 1 aliphatic heterocycles. The van der Waals surface area contributed by atoms with Crippen molar-refractivity contribution < 1.29 is 9.53 Å². The molecule has 0 radical (unpaired) electrons. The minimum atomic E-state index is -0.142. The topological polar surface area (TPSA) is 50.4 Å². The summed E-state index contributed by atoms with van der Waals surface area (Å²) in [5.74, 6) is -0.142. The zero-order chi connectivity index (χ0) is 10.4. The van der Waals surface area contributed by atoms with Crippen LogP contribution in [-0.2, 0) is 9.53 Å². The number of carbonyl (C=O) groups is 1. The molecule has 0 aliphatic carbocycles. The molecule has 2 N–H and O–H groups in total. The van der Waals surface area contributed by atoms with E-state index in [-0.39, 0.29) is 12.0 Å². The number of ether oxygens (including phenoxy) is 1. The molecule has 1 unspecified atom stereocenters. The maximum absolute atomic E-state index is 11.3. The Labute approximate surface area is 89.4 Å². The molecule has 1 saturated heterocycles. The van der Waals surface area contributed by atoms with Crippen molar-refractivity contribution in [1.29, 1.82) is 0 Å². The van der Waals surface area contributed by atoms with Gasteiger partial charge in [-0.05, 0) is 6.42 Å². The second-order valence-electron chi connectivity index (χ2n) is 3.18. The summed E-state index contributed by atoms with van der Waals surface area (Å²) in [6.07, 6.45) is 0.692. The Morgan fingerprint density at radius 2 is 2.50 bits per heavy atom. The summed E-state index contributed by atoms with van der Waals surface area (Å²) in [5, 5.41) is 5.95. The van der Waals surface area contributed by atoms with Gasteiger partial charge in [0.15, 0.2) is 0 Å². The first kappa shape index (κ1) is 11.6. The van der Waals surface area contributed by atoms with E-state index in [2.05, 4.69) is 10.6 Å². The first-order chi connectivity index (χ1) is 6.74. The van der Waals surface area contributed by atoms with E-state index in [1.807, 2.05) is 6.92 Å². The molecule has 1 amide bonds. The molecule has 14 heavy (non-hydrogen) atoms. The van der Waals surface area contributed by atoms with Crippen LogP contribution in [0, 0.1) is 0 Å². The summed E-state index contributed by atoms with van der Waals surface area (Å²) in [6, 6.07) is 0. The second-order valence-corrected chi connectivity index (χ2v) is 3.68. The number of nitrogens with one attached hydrogen (secondary N) is 2. The zero-order valence-corrected chi connectivity index (χ0v) is 9.15. The van der Waals surface area contributed by atoms with Crippen LogP contribution in [0.5, 0.6) is 0 Å². The van der Waals surface area contributed by atoms with E-state index in [4.69, 9.17) is 17.0 Å². The van der Waals surface area contributed by atoms with Crippen LogP contribution in [0.1, 0.15) is 13.3 Å². The Bertz CT molecular complexity index is 215. The maximum atomic E-state index is 11.3. The van der Waals surface area contributed by atoms with Gasteiger partial charge in [-0.1, -0.05) is 19.1 Å². The van der Waals surface area contributed by atoms with Crippen LogP contribution < -0.4 is 10.6 Å². The van der Waals surface area contributed by atoms with Crippen LogP contribution in [0.4, 0.5) is 0 Å². The highest BCUT2D eigenvalue weighted by molar-refractivity contribution is 7.82. The van der Waals surface area contributed by atoms with Crippen molar-refractivity contribution in [2.45, 2.75) is 19.4 Å². The summed E-state index contributed by atoms with van der Waals surface area (Å²) >= 11 is 4.88. The predicted octanol–water partition coefficient (Wildman–Crippen LogP) is -0.129. The lowest BCUT2D eigenvalue weighted by Crippen LogP contribution is -2.46. The van der Waals surface area contributed by atoms with Crippen molar-refractivity contribution in [2.24, 2.45) is 0 Å². The molecule has 80 valence electrons. The average molecular weight is 216 g/mol. The van der Waals surface area contributed by atoms with Gasteiger partial charge in [-0.2, -0.15) is 0 Å². The smallest absolute Gasteiger partial charge is 0.258 e. The molecule has 0 bridgehead atoms. The molecule has 0 aromatic rings. The molecular weight excluding hydrogens is 200 g/mol. The van der Waals surface area contributed by atoms with E-state index < -0.39 is 0 Å². The number of hydrogen-bond donors (Lipinski definition) is 2. The van der Waals surface area contributed by atoms with E-state index in [1.165, 1.54) is 0 Å². The summed E-state index contributed by atoms with van der Waals surface area (Å²) in [6.45, 7) is 4.79. The largest absolute Gasteiger partial charge is 0.374 e. The quantitative estimate of drug-likeness (QED) is 0.643. The molecule has 1 atom stereocenters. The van der Waals surface area contributed by atoms with Gasteiger partial charge in [0.2, 0.25) is 0 Å². The van der Waals surface area contributed by atoms with Crippen LogP contribution in [0.2, 0.25) is 0 Å². The fourth-order valence-electron chi connectivity index (χ4n) is 1.22. The Kier molecular flexibility index (Phi) is 5.00. The van der Waals surface area contributed by atoms with Gasteiger partial charge < -0.3 is 15.4 Å². The third-order valence-corrected chi connectivity index (χ3v) is 2.54. The van der Waals surface area contributed by atoms with E-state index in [9.17, 15) is 4.79 Å². The highest BCUT2D eigenvalue weighted by Gasteiger charge is 2.15. The lowest BCUT2D eigenvalue weighted by molar-refractivity contribution is -0.115. The van der Waals surface area contributed by atoms with Gasteiger partial charge >= 0.3 is 0 Å². The maximum Gasteiger partial charge on any atom is 0.258 e. The highest BCUT2D eigenvalue weighted by atomic mass is 32.1. The van der Waals surface area contributed by atoms with E-state index in [0.29, 0.717) is 24.4 Å². The fourth-order valence-corrected chi connectivity index (χ4v) is 1.29. The SMILES string of the molecule is CCC(=S)C(=O)NCC1CNCCO1. The van der Waals surface area contributed by atoms with Crippen molar-refractivity contribution in [3.63, 3.8) is 0 Å². The molecule has 5 heteroatoms. The standard InChI is InChI=1S/C9H16N2O2S/c1-2-8(14)9(12)11-6-7-5-10-3-4-13-7/h7,10H,2-6H2,1H3,(H,11,12). The van der Waals surface area contributed by atoms with Gasteiger partial charge in [0.1, 0.15) is 0 Å². The number of carbonyl (C=O) groups excluding carboxylic acids is 1. The molecule has 0 aromatic heterocycles. The van der Waals surface area contributed by atoms with Gasteiger partial charge in [0, 0.05) is 19.6 Å². The normalized spacial score (nSPS) is 21.6. The average Bonchev–Trinajstić information content (AvgIpc) is 2.26. The summed E-state index contributed by atoms with van der Waals surface area (Å²) in [4.78, 5) is 11.7. The molecule has 1 heterocycles. The third-order valence-electron chi connectivity index (χ3n) is 2.07. The molecule has 4 nitrogen and oxygen atoms in total. The summed E-state index contributed by atoms with van der Waals surface area (Å²) < 4.78 is 5.42. The van der Waals surface area contributed by atoms with Crippen LogP contribution >= 0.6 is 12.2 Å². The Morgan fingerprint density at radius 3 is 3.07 bits per heavy atom. The molecular formula is C9H16N2O2S. The Morgan fingerprint density at radius 1 is 1.71 bits per heavy atom. The van der Waals surface area contributed by atoms with Crippen LogP contribution in [-0.4, -0.2) is 43.1 Å². The first-order valence-electron chi connectivity index (χ1n) is 4.87. The van der Waals surface area contributed by atoms with Gasteiger partial charge in [0.05, 0.1) is 17.6 Å². The fraction of sp³-hybridized carbons (Fsp3) is 0.778. The van der Waals surface area contributed by atoms with Crippen LogP contribution in [0.3, 0.4) is 0 Å². The summed E-state index contributed by atoms with van der Waals surface area (Å²) in [7, 11) is 0. The van der Waals surface area contributed by atoms with Crippen LogP contribution in [0.15, 0.2) is 0 Å². The Balaban J connectivity index is 2.18. The van der Waals surface area contributed by atoms with E-state index in [0.717, 1.165) is 13.1 Å². The third kappa shape index (κ3) is 3.69. The minimum Gasteiger partial charge on any atom is -0.374 e. The Hall–Kier alpha value is -0.520. The van der Waals surface area contributed by atoms with Crippen molar-refractivity contribution in [3.05, 3.63) is 0 Å². The van der Waals surface area contributed by atoms with Gasteiger partial charge in [-0.3, -0.25) is 4.79 Å². The molecule has 1 fully saturated rings. The number of amides is 1. The molecule has 0 spiro atoms. The zero-order valence-electron chi connectivity index (χ0n) is 8.34. The van der Waals surface area contributed by atoms with Crippen molar-refractivity contribution in [2.75, 3.05) is 26.2 Å². The molecule has 1 rings (SSSR count). The second kappa shape index (κ2) is 6.06. The predicted molar refractivity (Wildman–Crippen MR) is 58.5 cm³/mol. The lowest BCUT2D eigenvalue weighted by Gasteiger charge is -2.23. The highest BCUT2D eigenvalue weighted by Crippen LogP contribution is 1.94. The molecule has 0 aromatic carbocycles. The van der Waals surface area contributed by atoms with Crippen molar-refractivity contribution in [3.8, 4) is 0 Å². The number of rotatable bonds is 4. The van der Waals surface area contributed by atoms with E-state index >= 15 is 0 Å². The van der Waals surface area contributed by atoms with E-state index in [1.54, 1.807) is 0 Å². The summed E-state index contributed by atoms with van der Waals surface area (Å²) in [5.41, 5.74) is 0. The van der Waals surface area contributed by atoms with Gasteiger partial charge in [0.25, 0.3) is 5.91 Å². The first-order valence-corrected chi connectivity index (χ1v) is 5.28. The van der Waals surface area contributed by atoms with Crippen molar-refractivity contribution >= 4 is 23.0 Å². The molecule has 0 saturated carbocycles. The lowest BCUT2D eigenvalue weighted by atomic mass is 10.3. The van der Waals surface area contributed by atoms with Gasteiger partial charge in [-0.15, -0.1) is 0 Å². The minimum absolute atomic E-state index is 0.0763. The monoisotopic (exact) mass is 216 g/mol. The van der Waals surface area contributed by atoms with Gasteiger partial charge in [-0.25, -0.2) is 0 Å². The van der Waals surface area contributed by atoms with Crippen LogP contribution in [0.25, 0.3) is 0 Å². The van der Waals surface area contributed by atoms with Crippen molar-refractivity contribution in [1.82, 2.24) is 10.6 Å². The number of hydrogen-bond acceptors (Lipinski definition) is 4.